The molecule has 0 bridgehead atoms. The molecule has 3 heterocycles. The third-order valence-electron chi connectivity index (χ3n) is 6.61. The Hall–Kier alpha value is -3.60. The Morgan fingerprint density at radius 1 is 1.23 bits per heavy atom. The molecular formula is C23H24N6O2. The Bertz CT molecular complexity index is 1300. The Labute approximate surface area is 179 Å². The van der Waals surface area contributed by atoms with E-state index in [1.54, 1.807) is 6.20 Å². The van der Waals surface area contributed by atoms with Gasteiger partial charge in [-0.25, -0.2) is 0 Å². The minimum atomic E-state index is -0.577. The highest BCUT2D eigenvalue weighted by Gasteiger charge is 2.38. The SMILES string of the molecule is CC1(C)C(=O)Nc2cc(Nc3nn([C@H]4CCCCC4C#N)c4cc[nH]c(=O)c34)ccc21. The van der Waals surface area contributed by atoms with Gasteiger partial charge in [-0.15, -0.1) is 0 Å². The summed E-state index contributed by atoms with van der Waals surface area (Å²) in [4.78, 5) is 27.7. The zero-order valence-corrected chi connectivity index (χ0v) is 17.5. The number of amides is 1. The lowest BCUT2D eigenvalue weighted by Crippen LogP contribution is -2.26. The molecule has 5 rings (SSSR count). The summed E-state index contributed by atoms with van der Waals surface area (Å²) in [6.07, 6.45) is 5.40. The topological polar surface area (TPSA) is 116 Å². The van der Waals surface area contributed by atoms with Gasteiger partial charge in [0.1, 0.15) is 5.39 Å². The third-order valence-corrected chi connectivity index (χ3v) is 6.61. The van der Waals surface area contributed by atoms with Crippen molar-refractivity contribution in [3.05, 3.63) is 46.4 Å². The van der Waals surface area contributed by atoms with Gasteiger partial charge in [0.25, 0.3) is 5.56 Å². The highest BCUT2D eigenvalue weighted by Crippen LogP contribution is 2.40. The average Bonchev–Trinajstić information content (AvgIpc) is 3.23. The molecule has 1 saturated carbocycles. The monoisotopic (exact) mass is 416 g/mol. The zero-order valence-electron chi connectivity index (χ0n) is 17.5. The van der Waals surface area contributed by atoms with Crippen LogP contribution in [-0.4, -0.2) is 20.7 Å². The molecule has 8 heteroatoms. The molecule has 3 N–H and O–H groups in total. The van der Waals surface area contributed by atoms with Crippen molar-refractivity contribution in [1.29, 1.82) is 5.26 Å². The number of rotatable bonds is 3. The fraction of sp³-hybridized carbons (Fsp3) is 0.391. The van der Waals surface area contributed by atoms with E-state index in [1.165, 1.54) is 0 Å². The van der Waals surface area contributed by atoms with E-state index in [0.29, 0.717) is 16.7 Å². The number of anilines is 3. The number of fused-ring (bicyclic) bond motifs is 2. The van der Waals surface area contributed by atoms with Crippen LogP contribution in [-0.2, 0) is 10.2 Å². The fourth-order valence-corrected chi connectivity index (χ4v) is 4.80. The highest BCUT2D eigenvalue weighted by molar-refractivity contribution is 6.06. The first-order chi connectivity index (χ1) is 14.9. The van der Waals surface area contributed by atoms with Crippen LogP contribution >= 0.6 is 0 Å². The highest BCUT2D eigenvalue weighted by atomic mass is 16.2. The van der Waals surface area contributed by atoms with Gasteiger partial charge < -0.3 is 15.6 Å². The molecule has 2 atom stereocenters. The summed E-state index contributed by atoms with van der Waals surface area (Å²) in [5.41, 5.74) is 2.34. The molecule has 0 saturated heterocycles. The fourth-order valence-electron chi connectivity index (χ4n) is 4.80. The molecule has 31 heavy (non-hydrogen) atoms. The Morgan fingerprint density at radius 2 is 2.03 bits per heavy atom. The number of carbonyl (C=O) groups excluding carboxylic acids is 1. The van der Waals surface area contributed by atoms with Crippen LogP contribution in [0.15, 0.2) is 35.3 Å². The Morgan fingerprint density at radius 3 is 2.84 bits per heavy atom. The Balaban J connectivity index is 1.58. The molecule has 2 aliphatic rings. The van der Waals surface area contributed by atoms with Gasteiger partial charge in [0.05, 0.1) is 29.0 Å². The minimum Gasteiger partial charge on any atom is -0.338 e. The van der Waals surface area contributed by atoms with Crippen molar-refractivity contribution in [3.63, 3.8) is 0 Å². The summed E-state index contributed by atoms with van der Waals surface area (Å²) in [6, 6.07) is 9.88. The van der Waals surface area contributed by atoms with Gasteiger partial charge in [-0.1, -0.05) is 18.9 Å². The number of nitriles is 1. The number of nitrogens with zero attached hydrogens (tertiary/aromatic N) is 3. The second-order valence-corrected chi connectivity index (χ2v) is 8.91. The summed E-state index contributed by atoms with van der Waals surface area (Å²) in [6.45, 7) is 3.79. The third kappa shape index (κ3) is 3.00. The maximum atomic E-state index is 12.7. The summed E-state index contributed by atoms with van der Waals surface area (Å²) in [7, 11) is 0. The normalized spacial score (nSPS) is 22.0. The molecule has 3 aromatic rings. The van der Waals surface area contributed by atoms with Gasteiger partial charge in [0, 0.05) is 17.6 Å². The number of aromatic nitrogens is 3. The van der Waals surface area contributed by atoms with E-state index in [9.17, 15) is 14.9 Å². The molecule has 1 unspecified atom stereocenters. The van der Waals surface area contributed by atoms with Crippen molar-refractivity contribution in [2.24, 2.45) is 5.92 Å². The van der Waals surface area contributed by atoms with Crippen molar-refractivity contribution in [2.45, 2.75) is 51.0 Å². The lowest BCUT2D eigenvalue weighted by atomic mass is 9.85. The molecule has 1 aromatic carbocycles. The second kappa shape index (κ2) is 6.98. The van der Waals surface area contributed by atoms with Crippen molar-refractivity contribution in [3.8, 4) is 6.07 Å². The molecule has 0 radical (unpaired) electrons. The van der Waals surface area contributed by atoms with Gasteiger partial charge in [-0.3, -0.25) is 14.3 Å². The van der Waals surface area contributed by atoms with Gasteiger partial charge in [-0.2, -0.15) is 10.4 Å². The first-order valence-corrected chi connectivity index (χ1v) is 10.6. The number of hydrogen-bond donors (Lipinski definition) is 3. The average molecular weight is 416 g/mol. The number of nitrogens with one attached hydrogen (secondary N) is 3. The van der Waals surface area contributed by atoms with E-state index in [4.69, 9.17) is 5.10 Å². The van der Waals surface area contributed by atoms with Crippen LogP contribution in [0.5, 0.6) is 0 Å². The summed E-state index contributed by atoms with van der Waals surface area (Å²) < 4.78 is 1.85. The van der Waals surface area contributed by atoms with Crippen LogP contribution in [0.3, 0.4) is 0 Å². The molecule has 1 amide bonds. The molecule has 1 fully saturated rings. The number of benzene rings is 1. The number of hydrogen-bond acceptors (Lipinski definition) is 5. The van der Waals surface area contributed by atoms with E-state index in [0.717, 1.165) is 42.6 Å². The largest absolute Gasteiger partial charge is 0.338 e. The number of H-pyrrole nitrogens is 1. The van der Waals surface area contributed by atoms with E-state index < -0.39 is 5.41 Å². The second-order valence-electron chi connectivity index (χ2n) is 8.91. The lowest BCUT2D eigenvalue weighted by molar-refractivity contribution is -0.119. The summed E-state index contributed by atoms with van der Waals surface area (Å²) in [5.74, 6) is 0.287. The van der Waals surface area contributed by atoms with Crippen LogP contribution in [0.2, 0.25) is 0 Å². The van der Waals surface area contributed by atoms with Crippen LogP contribution in [0.25, 0.3) is 10.9 Å². The van der Waals surface area contributed by atoms with Crippen LogP contribution in [0.4, 0.5) is 17.2 Å². The van der Waals surface area contributed by atoms with E-state index in [-0.39, 0.29) is 23.4 Å². The van der Waals surface area contributed by atoms with Gasteiger partial charge >= 0.3 is 0 Å². The van der Waals surface area contributed by atoms with E-state index in [2.05, 4.69) is 21.7 Å². The smallest absolute Gasteiger partial charge is 0.261 e. The standard InChI is InChI=1S/C23H24N6O2/c1-23(2)15-8-7-14(11-16(15)27-22(23)31)26-20-19-18(9-10-25-21(19)30)29(28-20)17-6-4-3-5-13(17)12-24/h7-11,13,17H,3-6H2,1-2H3,(H,25,30)(H,26,28)(H,27,31)/t13?,17-/m0/s1. The molecule has 1 aliphatic carbocycles. The lowest BCUT2D eigenvalue weighted by Gasteiger charge is -2.27. The van der Waals surface area contributed by atoms with Crippen molar-refractivity contribution >= 4 is 34.0 Å². The predicted molar refractivity (Wildman–Crippen MR) is 118 cm³/mol. The quantitative estimate of drug-likeness (QED) is 0.598. The number of aromatic amines is 1. The molecular weight excluding hydrogens is 392 g/mol. The summed E-state index contributed by atoms with van der Waals surface area (Å²) >= 11 is 0. The number of carbonyl (C=O) groups is 1. The molecule has 2 aromatic heterocycles. The maximum absolute atomic E-state index is 12.7. The van der Waals surface area contributed by atoms with Crippen molar-refractivity contribution < 1.29 is 4.79 Å². The number of pyridine rings is 1. The predicted octanol–water partition coefficient (Wildman–Crippen LogP) is 3.95. The maximum Gasteiger partial charge on any atom is 0.261 e. The van der Waals surface area contributed by atoms with E-state index in [1.807, 2.05) is 42.8 Å². The first-order valence-electron chi connectivity index (χ1n) is 10.6. The molecule has 8 nitrogen and oxygen atoms in total. The van der Waals surface area contributed by atoms with Gasteiger partial charge in [-0.05, 0) is 50.5 Å². The van der Waals surface area contributed by atoms with Crippen molar-refractivity contribution in [2.75, 3.05) is 10.6 Å². The molecule has 158 valence electrons. The van der Waals surface area contributed by atoms with Crippen LogP contribution in [0, 0.1) is 17.2 Å². The molecule has 0 spiro atoms. The minimum absolute atomic E-state index is 0.0364. The van der Waals surface area contributed by atoms with Crippen LogP contribution < -0.4 is 16.2 Å². The van der Waals surface area contributed by atoms with Gasteiger partial charge in [0.2, 0.25) is 5.91 Å². The van der Waals surface area contributed by atoms with Crippen molar-refractivity contribution in [1.82, 2.24) is 14.8 Å². The van der Waals surface area contributed by atoms with E-state index >= 15 is 0 Å². The Kier molecular flexibility index (Phi) is 4.36. The van der Waals surface area contributed by atoms with Crippen LogP contribution in [0.1, 0.15) is 51.1 Å². The molecule has 1 aliphatic heterocycles. The first kappa shape index (κ1) is 19.4. The zero-order chi connectivity index (χ0) is 21.8. The summed E-state index contributed by atoms with van der Waals surface area (Å²) in [5, 5.41) is 21.0. The van der Waals surface area contributed by atoms with Gasteiger partial charge in [0.15, 0.2) is 5.82 Å².